The third-order valence-electron chi connectivity index (χ3n) is 1.87. The maximum Gasteiger partial charge on any atom is 0.155 e. The molecule has 0 spiro atoms. The van der Waals surface area contributed by atoms with E-state index in [1.807, 2.05) is 18.3 Å². The zero-order valence-corrected chi connectivity index (χ0v) is 7.38. The highest BCUT2D eigenvalue weighted by Gasteiger charge is 1.96. The first-order valence-corrected chi connectivity index (χ1v) is 4.20. The Hall–Kier alpha value is -1.71. The Morgan fingerprint density at radius 1 is 1.38 bits per heavy atom. The van der Waals surface area contributed by atoms with E-state index >= 15 is 0 Å². The van der Waals surface area contributed by atoms with Crippen molar-refractivity contribution in [1.29, 1.82) is 0 Å². The highest BCUT2D eigenvalue weighted by atomic mass is 15.3. The molecule has 0 unspecified atom stereocenters. The Labute approximate surface area is 76.3 Å². The van der Waals surface area contributed by atoms with Gasteiger partial charge in [-0.25, -0.2) is 14.6 Å². The highest BCUT2D eigenvalue weighted by Crippen LogP contribution is 2.03. The van der Waals surface area contributed by atoms with Crippen LogP contribution in [0.4, 0.5) is 0 Å². The van der Waals surface area contributed by atoms with Gasteiger partial charge in [0.2, 0.25) is 0 Å². The normalized spacial score (nSPS) is 10.2. The maximum atomic E-state index is 4.25. The quantitative estimate of drug-likeness (QED) is 0.687. The number of hydrogen-bond donors (Lipinski definition) is 0. The van der Waals surface area contributed by atoms with Crippen LogP contribution >= 0.6 is 0 Å². The molecule has 2 heterocycles. The lowest BCUT2D eigenvalue weighted by Crippen LogP contribution is -1.97. The van der Waals surface area contributed by atoms with Gasteiger partial charge < -0.3 is 0 Å². The fourth-order valence-corrected chi connectivity index (χ4v) is 1.09. The molecule has 2 aromatic heterocycles. The van der Waals surface area contributed by atoms with Crippen LogP contribution in [0.2, 0.25) is 0 Å². The van der Waals surface area contributed by atoms with Gasteiger partial charge in [0.15, 0.2) is 5.82 Å². The van der Waals surface area contributed by atoms with Gasteiger partial charge in [0.25, 0.3) is 0 Å². The molecular formula is C9H10N4. The molecule has 13 heavy (non-hydrogen) atoms. The van der Waals surface area contributed by atoms with Gasteiger partial charge >= 0.3 is 0 Å². The van der Waals surface area contributed by atoms with Crippen LogP contribution in [0, 0.1) is 0 Å². The number of pyridine rings is 1. The van der Waals surface area contributed by atoms with Crippen LogP contribution in [-0.2, 0) is 6.42 Å². The molecule has 4 heteroatoms. The summed E-state index contributed by atoms with van der Waals surface area (Å²) in [5.74, 6) is 0.801. The molecule has 0 fully saturated rings. The Morgan fingerprint density at radius 3 is 2.85 bits per heavy atom. The lowest BCUT2D eigenvalue weighted by atomic mass is 10.2. The monoisotopic (exact) mass is 174 g/mol. The van der Waals surface area contributed by atoms with Crippen LogP contribution in [-0.4, -0.2) is 19.7 Å². The van der Waals surface area contributed by atoms with Crippen molar-refractivity contribution < 1.29 is 0 Å². The molecular weight excluding hydrogens is 164 g/mol. The van der Waals surface area contributed by atoms with Gasteiger partial charge in [0.05, 0.1) is 0 Å². The molecule has 0 N–H and O–H groups in total. The van der Waals surface area contributed by atoms with E-state index in [0.717, 1.165) is 12.2 Å². The molecule has 2 aromatic rings. The van der Waals surface area contributed by atoms with Crippen molar-refractivity contribution in [3.8, 4) is 5.82 Å². The lowest BCUT2D eigenvalue weighted by molar-refractivity contribution is 0.842. The Balaban J connectivity index is 2.33. The molecule has 0 saturated carbocycles. The molecule has 0 aliphatic carbocycles. The molecule has 66 valence electrons. The first-order valence-electron chi connectivity index (χ1n) is 4.20. The number of rotatable bonds is 2. The molecule has 4 nitrogen and oxygen atoms in total. The van der Waals surface area contributed by atoms with Crippen molar-refractivity contribution in [2.45, 2.75) is 13.3 Å². The largest absolute Gasteiger partial charge is 0.237 e. The number of nitrogens with zero attached hydrogens (tertiary/aromatic N) is 4. The van der Waals surface area contributed by atoms with Crippen molar-refractivity contribution in [3.05, 3.63) is 36.5 Å². The summed E-state index contributed by atoms with van der Waals surface area (Å²) in [6.07, 6.45) is 5.99. The molecule has 0 atom stereocenters. The molecule has 2 rings (SSSR count). The standard InChI is InChI=1S/C9H10N4/c1-2-8-3-4-9(11-5-8)13-7-10-6-12-13/h3-7H,2H2,1H3. The minimum Gasteiger partial charge on any atom is -0.237 e. The Bertz CT molecular complexity index is 363. The second-order valence-corrected chi connectivity index (χ2v) is 2.72. The smallest absolute Gasteiger partial charge is 0.155 e. The van der Waals surface area contributed by atoms with Gasteiger partial charge in [-0.3, -0.25) is 0 Å². The SMILES string of the molecule is CCc1ccc(-n2cncn2)nc1. The van der Waals surface area contributed by atoms with E-state index in [1.54, 1.807) is 11.0 Å². The minimum atomic E-state index is 0.801. The average molecular weight is 174 g/mol. The summed E-state index contributed by atoms with van der Waals surface area (Å²) < 4.78 is 1.64. The van der Waals surface area contributed by atoms with Crippen LogP contribution < -0.4 is 0 Å². The number of hydrogen-bond acceptors (Lipinski definition) is 3. The van der Waals surface area contributed by atoms with E-state index in [2.05, 4.69) is 22.0 Å². The van der Waals surface area contributed by atoms with Gasteiger partial charge in [-0.05, 0) is 18.1 Å². The van der Waals surface area contributed by atoms with Crippen molar-refractivity contribution >= 4 is 0 Å². The summed E-state index contributed by atoms with van der Waals surface area (Å²) in [5.41, 5.74) is 1.23. The molecule has 0 bridgehead atoms. The maximum absolute atomic E-state index is 4.25. The molecule has 0 aliphatic heterocycles. The fourth-order valence-electron chi connectivity index (χ4n) is 1.09. The topological polar surface area (TPSA) is 43.6 Å². The molecule has 0 aromatic carbocycles. The highest BCUT2D eigenvalue weighted by molar-refractivity contribution is 5.23. The first kappa shape index (κ1) is 7.91. The number of aryl methyl sites for hydroxylation is 1. The third-order valence-corrected chi connectivity index (χ3v) is 1.87. The Morgan fingerprint density at radius 2 is 2.31 bits per heavy atom. The summed E-state index contributed by atoms with van der Waals surface area (Å²) in [5, 5.41) is 3.99. The second-order valence-electron chi connectivity index (χ2n) is 2.72. The van der Waals surface area contributed by atoms with Gasteiger partial charge in [-0.2, -0.15) is 5.10 Å². The van der Waals surface area contributed by atoms with Gasteiger partial charge in [-0.15, -0.1) is 0 Å². The van der Waals surface area contributed by atoms with Crippen molar-refractivity contribution in [1.82, 2.24) is 19.7 Å². The van der Waals surface area contributed by atoms with E-state index in [1.165, 1.54) is 11.9 Å². The molecule has 0 aliphatic rings. The summed E-state index contributed by atoms with van der Waals surface area (Å²) in [7, 11) is 0. The van der Waals surface area contributed by atoms with Crippen LogP contribution in [0.15, 0.2) is 31.0 Å². The zero-order chi connectivity index (χ0) is 9.10. The zero-order valence-electron chi connectivity index (χ0n) is 7.38. The van der Waals surface area contributed by atoms with Gasteiger partial charge in [0, 0.05) is 6.20 Å². The van der Waals surface area contributed by atoms with Gasteiger partial charge in [0.1, 0.15) is 12.7 Å². The number of aromatic nitrogens is 4. The second kappa shape index (κ2) is 3.35. The predicted molar refractivity (Wildman–Crippen MR) is 48.5 cm³/mol. The van der Waals surface area contributed by atoms with E-state index in [0.29, 0.717) is 0 Å². The van der Waals surface area contributed by atoms with E-state index < -0.39 is 0 Å². The molecule has 0 amide bonds. The predicted octanol–water partition coefficient (Wildman–Crippen LogP) is 1.22. The van der Waals surface area contributed by atoms with Crippen LogP contribution in [0.1, 0.15) is 12.5 Å². The van der Waals surface area contributed by atoms with Crippen LogP contribution in [0.3, 0.4) is 0 Å². The molecule has 0 saturated heterocycles. The summed E-state index contributed by atoms with van der Waals surface area (Å²) >= 11 is 0. The van der Waals surface area contributed by atoms with E-state index in [4.69, 9.17) is 0 Å². The fraction of sp³-hybridized carbons (Fsp3) is 0.222. The van der Waals surface area contributed by atoms with Crippen LogP contribution in [0.25, 0.3) is 5.82 Å². The summed E-state index contributed by atoms with van der Waals surface area (Å²) in [6.45, 7) is 2.10. The van der Waals surface area contributed by atoms with Crippen LogP contribution in [0.5, 0.6) is 0 Å². The molecule has 0 radical (unpaired) electrons. The average Bonchev–Trinajstić information content (AvgIpc) is 2.71. The van der Waals surface area contributed by atoms with Crippen molar-refractivity contribution in [2.75, 3.05) is 0 Å². The van der Waals surface area contributed by atoms with Crippen molar-refractivity contribution in [3.63, 3.8) is 0 Å². The minimum absolute atomic E-state index is 0.801. The van der Waals surface area contributed by atoms with Gasteiger partial charge in [-0.1, -0.05) is 13.0 Å². The third kappa shape index (κ3) is 1.56. The van der Waals surface area contributed by atoms with Crippen molar-refractivity contribution in [2.24, 2.45) is 0 Å². The summed E-state index contributed by atoms with van der Waals surface area (Å²) in [4.78, 5) is 8.11. The van der Waals surface area contributed by atoms with E-state index in [9.17, 15) is 0 Å². The Kier molecular flexibility index (Phi) is 2.04. The summed E-state index contributed by atoms with van der Waals surface area (Å²) in [6, 6.07) is 3.98. The lowest BCUT2D eigenvalue weighted by Gasteiger charge is -1.99. The first-order chi connectivity index (χ1) is 6.40. The van der Waals surface area contributed by atoms with E-state index in [-0.39, 0.29) is 0 Å².